The van der Waals surface area contributed by atoms with E-state index in [-0.39, 0.29) is 12.3 Å². The van der Waals surface area contributed by atoms with Crippen molar-refractivity contribution in [2.45, 2.75) is 13.0 Å². The summed E-state index contributed by atoms with van der Waals surface area (Å²) in [6.07, 6.45) is 1.79. The SMILES string of the molecule is O=C(O)Cc1cccc(NC(=O)c2cccn2Cc2ccccc2)c1. The highest BCUT2D eigenvalue weighted by molar-refractivity contribution is 6.03. The first-order valence-electron chi connectivity index (χ1n) is 7.93. The molecule has 1 amide bonds. The number of carbonyl (C=O) groups is 2. The number of amides is 1. The maximum absolute atomic E-state index is 12.6. The number of carbonyl (C=O) groups excluding carboxylic acids is 1. The van der Waals surface area contributed by atoms with Crippen molar-refractivity contribution in [2.75, 3.05) is 5.32 Å². The number of hydrogen-bond acceptors (Lipinski definition) is 2. The molecule has 0 spiro atoms. The number of aliphatic carboxylic acids is 1. The van der Waals surface area contributed by atoms with Crippen LogP contribution in [0.3, 0.4) is 0 Å². The van der Waals surface area contributed by atoms with Crippen LogP contribution in [0.5, 0.6) is 0 Å². The Kier molecular flexibility index (Phi) is 4.95. The van der Waals surface area contributed by atoms with Crippen molar-refractivity contribution >= 4 is 17.6 Å². The second-order valence-corrected chi connectivity index (χ2v) is 5.73. The lowest BCUT2D eigenvalue weighted by atomic mass is 10.1. The van der Waals surface area contributed by atoms with Crippen LogP contribution in [-0.2, 0) is 17.8 Å². The molecule has 1 aromatic heterocycles. The Morgan fingerprint density at radius 3 is 2.44 bits per heavy atom. The Labute approximate surface area is 145 Å². The number of nitrogens with one attached hydrogen (secondary N) is 1. The molecule has 5 nitrogen and oxygen atoms in total. The second kappa shape index (κ2) is 7.49. The van der Waals surface area contributed by atoms with E-state index >= 15 is 0 Å². The number of hydrogen-bond donors (Lipinski definition) is 2. The first kappa shape index (κ1) is 16.5. The van der Waals surface area contributed by atoms with Crippen LogP contribution in [0.15, 0.2) is 72.9 Å². The van der Waals surface area contributed by atoms with E-state index in [1.807, 2.05) is 47.2 Å². The predicted octanol–water partition coefficient (Wildman–Crippen LogP) is 3.42. The molecule has 0 aliphatic heterocycles. The highest BCUT2D eigenvalue weighted by atomic mass is 16.4. The van der Waals surface area contributed by atoms with E-state index in [1.54, 1.807) is 30.3 Å². The van der Waals surface area contributed by atoms with Crippen LogP contribution in [0.25, 0.3) is 0 Å². The van der Waals surface area contributed by atoms with Gasteiger partial charge in [-0.2, -0.15) is 0 Å². The van der Waals surface area contributed by atoms with Crippen LogP contribution < -0.4 is 5.32 Å². The molecule has 0 aliphatic carbocycles. The zero-order valence-corrected chi connectivity index (χ0v) is 13.6. The Hall–Kier alpha value is -3.34. The Bertz CT molecular complexity index is 885. The highest BCUT2D eigenvalue weighted by Crippen LogP contribution is 2.14. The average molecular weight is 334 g/mol. The van der Waals surface area contributed by atoms with Crippen LogP contribution >= 0.6 is 0 Å². The van der Waals surface area contributed by atoms with Crippen LogP contribution in [0.4, 0.5) is 5.69 Å². The molecule has 0 fully saturated rings. The third-order valence-electron chi connectivity index (χ3n) is 3.80. The van der Waals surface area contributed by atoms with Gasteiger partial charge in [0, 0.05) is 18.4 Å². The lowest BCUT2D eigenvalue weighted by Gasteiger charge is -2.11. The summed E-state index contributed by atoms with van der Waals surface area (Å²) in [6.45, 7) is 0.607. The normalized spacial score (nSPS) is 10.4. The van der Waals surface area contributed by atoms with Crippen LogP contribution in [0.2, 0.25) is 0 Å². The minimum atomic E-state index is -0.903. The van der Waals surface area contributed by atoms with Crippen LogP contribution in [-0.4, -0.2) is 21.6 Å². The van der Waals surface area contributed by atoms with Gasteiger partial charge in [0.05, 0.1) is 6.42 Å². The predicted molar refractivity (Wildman–Crippen MR) is 95.7 cm³/mol. The molecular formula is C20H18N2O3. The summed E-state index contributed by atoms with van der Waals surface area (Å²) in [5.41, 5.74) is 2.88. The van der Waals surface area contributed by atoms with Crippen molar-refractivity contribution in [3.05, 3.63) is 89.7 Å². The lowest BCUT2D eigenvalue weighted by molar-refractivity contribution is -0.136. The van der Waals surface area contributed by atoms with Crippen molar-refractivity contribution in [1.29, 1.82) is 0 Å². The van der Waals surface area contributed by atoms with Crippen molar-refractivity contribution < 1.29 is 14.7 Å². The van der Waals surface area contributed by atoms with Gasteiger partial charge >= 0.3 is 5.97 Å². The molecule has 1 heterocycles. The molecule has 3 aromatic rings. The molecule has 0 saturated carbocycles. The zero-order valence-electron chi connectivity index (χ0n) is 13.6. The zero-order chi connectivity index (χ0) is 17.6. The summed E-state index contributed by atoms with van der Waals surface area (Å²) in [5.74, 6) is -1.13. The van der Waals surface area contributed by atoms with Crippen LogP contribution in [0, 0.1) is 0 Å². The lowest BCUT2D eigenvalue weighted by Crippen LogP contribution is -2.17. The quantitative estimate of drug-likeness (QED) is 0.725. The molecule has 0 aliphatic rings. The Balaban J connectivity index is 1.74. The molecule has 0 bridgehead atoms. The Morgan fingerprint density at radius 1 is 0.920 bits per heavy atom. The fourth-order valence-electron chi connectivity index (χ4n) is 2.67. The summed E-state index contributed by atoms with van der Waals surface area (Å²) < 4.78 is 1.88. The molecule has 2 N–H and O–H groups in total. The molecule has 3 rings (SSSR count). The highest BCUT2D eigenvalue weighted by Gasteiger charge is 2.12. The maximum atomic E-state index is 12.6. The van der Waals surface area contributed by atoms with E-state index in [2.05, 4.69) is 5.32 Å². The monoisotopic (exact) mass is 334 g/mol. The number of rotatable bonds is 6. The molecule has 5 heteroatoms. The molecule has 2 aromatic carbocycles. The minimum Gasteiger partial charge on any atom is -0.481 e. The van der Waals surface area contributed by atoms with Crippen molar-refractivity contribution in [3.8, 4) is 0 Å². The van der Waals surface area contributed by atoms with E-state index < -0.39 is 5.97 Å². The van der Waals surface area contributed by atoms with E-state index in [0.717, 1.165) is 5.56 Å². The van der Waals surface area contributed by atoms with Gasteiger partial charge in [0.15, 0.2) is 0 Å². The fraction of sp³-hybridized carbons (Fsp3) is 0.100. The Morgan fingerprint density at radius 2 is 1.68 bits per heavy atom. The van der Waals surface area contributed by atoms with Gasteiger partial charge in [0.25, 0.3) is 5.91 Å². The van der Waals surface area contributed by atoms with Crippen molar-refractivity contribution in [3.63, 3.8) is 0 Å². The summed E-state index contributed by atoms with van der Waals surface area (Å²) in [7, 11) is 0. The average Bonchev–Trinajstić information content (AvgIpc) is 3.04. The van der Waals surface area contributed by atoms with Gasteiger partial charge in [-0.05, 0) is 35.4 Å². The van der Waals surface area contributed by atoms with E-state index in [1.165, 1.54) is 0 Å². The van der Waals surface area contributed by atoms with Gasteiger partial charge in [0.2, 0.25) is 0 Å². The third-order valence-corrected chi connectivity index (χ3v) is 3.80. The van der Waals surface area contributed by atoms with Crippen molar-refractivity contribution in [1.82, 2.24) is 4.57 Å². The molecular weight excluding hydrogens is 316 g/mol. The number of nitrogens with zero attached hydrogens (tertiary/aromatic N) is 1. The first-order chi connectivity index (χ1) is 12.1. The molecule has 126 valence electrons. The number of carboxylic acids is 1. The van der Waals surface area contributed by atoms with Gasteiger partial charge in [-0.15, -0.1) is 0 Å². The van der Waals surface area contributed by atoms with E-state index in [0.29, 0.717) is 23.5 Å². The summed E-state index contributed by atoms with van der Waals surface area (Å²) in [4.78, 5) is 23.4. The van der Waals surface area contributed by atoms with Crippen LogP contribution in [0.1, 0.15) is 21.6 Å². The smallest absolute Gasteiger partial charge is 0.307 e. The fourth-order valence-corrected chi connectivity index (χ4v) is 2.67. The number of carboxylic acid groups (broad SMARTS) is 1. The van der Waals surface area contributed by atoms with E-state index in [4.69, 9.17) is 5.11 Å². The molecule has 0 radical (unpaired) electrons. The largest absolute Gasteiger partial charge is 0.481 e. The second-order valence-electron chi connectivity index (χ2n) is 5.73. The first-order valence-corrected chi connectivity index (χ1v) is 7.93. The number of aromatic nitrogens is 1. The molecule has 25 heavy (non-hydrogen) atoms. The maximum Gasteiger partial charge on any atom is 0.307 e. The van der Waals surface area contributed by atoms with Crippen molar-refractivity contribution in [2.24, 2.45) is 0 Å². The van der Waals surface area contributed by atoms with Gasteiger partial charge in [-0.25, -0.2) is 0 Å². The standard InChI is InChI=1S/C20H18N2O3/c23-19(24)13-16-8-4-9-17(12-16)21-20(25)18-10-5-11-22(18)14-15-6-2-1-3-7-15/h1-12H,13-14H2,(H,21,25)(H,23,24). The molecule has 0 unspecified atom stereocenters. The molecule has 0 saturated heterocycles. The molecule has 0 atom stereocenters. The van der Waals surface area contributed by atoms with Gasteiger partial charge in [-0.1, -0.05) is 42.5 Å². The van der Waals surface area contributed by atoms with Gasteiger partial charge < -0.3 is 15.0 Å². The topological polar surface area (TPSA) is 71.3 Å². The summed E-state index contributed by atoms with van der Waals surface area (Å²) in [6, 6.07) is 20.4. The van der Waals surface area contributed by atoms with E-state index in [9.17, 15) is 9.59 Å². The summed E-state index contributed by atoms with van der Waals surface area (Å²) in [5, 5.41) is 11.7. The number of benzene rings is 2. The summed E-state index contributed by atoms with van der Waals surface area (Å²) >= 11 is 0. The minimum absolute atomic E-state index is 0.0753. The number of anilines is 1. The van der Waals surface area contributed by atoms with Gasteiger partial charge in [0.1, 0.15) is 5.69 Å². The third kappa shape index (κ3) is 4.35. The van der Waals surface area contributed by atoms with Gasteiger partial charge in [-0.3, -0.25) is 9.59 Å².